The van der Waals surface area contributed by atoms with E-state index in [1.165, 1.54) is 12.8 Å². The van der Waals surface area contributed by atoms with Crippen molar-refractivity contribution >= 4 is 16.8 Å². The summed E-state index contributed by atoms with van der Waals surface area (Å²) in [5.41, 5.74) is 4.42. The Kier molecular flexibility index (Phi) is 7.76. The average molecular weight is 501 g/mol. The molecule has 0 bridgehead atoms. The summed E-state index contributed by atoms with van der Waals surface area (Å²) in [6.07, 6.45) is 5.77. The molecule has 0 saturated heterocycles. The summed E-state index contributed by atoms with van der Waals surface area (Å²) in [4.78, 5) is 16.7. The molecule has 1 amide bonds. The number of carbonyl (C=O) groups is 1. The Hall–Kier alpha value is -3.77. The predicted octanol–water partition coefficient (Wildman–Crippen LogP) is 5.99. The SMILES string of the molecule is CCCOc1ccc(-c2cccc(OCC3CC3)c2)cc1C(=O)N[C@H](CO)Cc1c[nH]c2ccccc12.[HH]. The topological polar surface area (TPSA) is 83.6 Å². The largest absolute Gasteiger partial charge is 0.493 e. The van der Waals surface area contributed by atoms with Gasteiger partial charge in [0.1, 0.15) is 11.5 Å². The molecule has 6 nitrogen and oxygen atoms in total. The zero-order valence-electron chi connectivity index (χ0n) is 21.2. The van der Waals surface area contributed by atoms with Gasteiger partial charge in [-0.1, -0.05) is 43.3 Å². The first-order valence-electron chi connectivity index (χ1n) is 13.1. The Morgan fingerprint density at radius 3 is 2.73 bits per heavy atom. The second-order valence-electron chi connectivity index (χ2n) is 9.76. The second-order valence-corrected chi connectivity index (χ2v) is 9.76. The third-order valence-electron chi connectivity index (χ3n) is 6.73. The number of carbonyl (C=O) groups excluding carboxylic acids is 1. The van der Waals surface area contributed by atoms with Crippen LogP contribution in [0.15, 0.2) is 72.9 Å². The van der Waals surface area contributed by atoms with Crippen LogP contribution in [0.2, 0.25) is 0 Å². The number of para-hydroxylation sites is 1. The minimum atomic E-state index is -0.437. The Morgan fingerprint density at radius 1 is 1.08 bits per heavy atom. The number of H-pyrrole nitrogens is 1. The number of ether oxygens (including phenoxy) is 2. The number of hydrogen-bond donors (Lipinski definition) is 3. The molecule has 1 fully saturated rings. The monoisotopic (exact) mass is 500 g/mol. The van der Waals surface area contributed by atoms with Crippen LogP contribution in [0.4, 0.5) is 0 Å². The quantitative estimate of drug-likeness (QED) is 0.223. The Balaban J connectivity index is 0.00000336. The fraction of sp³-hybridized carbons (Fsp3) is 0.323. The molecule has 0 radical (unpaired) electrons. The van der Waals surface area contributed by atoms with Gasteiger partial charge in [0.15, 0.2) is 0 Å². The van der Waals surface area contributed by atoms with E-state index in [4.69, 9.17) is 9.47 Å². The fourth-order valence-corrected chi connectivity index (χ4v) is 4.48. The van der Waals surface area contributed by atoms with Crippen molar-refractivity contribution in [3.8, 4) is 22.6 Å². The molecule has 37 heavy (non-hydrogen) atoms. The maximum absolute atomic E-state index is 13.5. The molecular weight excluding hydrogens is 464 g/mol. The zero-order chi connectivity index (χ0) is 25.6. The second kappa shape index (κ2) is 11.5. The van der Waals surface area contributed by atoms with Gasteiger partial charge in [-0.2, -0.15) is 0 Å². The van der Waals surface area contributed by atoms with Crippen molar-refractivity contribution in [3.05, 3.63) is 84.1 Å². The summed E-state index contributed by atoms with van der Waals surface area (Å²) >= 11 is 0. The average Bonchev–Trinajstić information content (AvgIpc) is 3.69. The van der Waals surface area contributed by atoms with Gasteiger partial charge in [-0.25, -0.2) is 0 Å². The van der Waals surface area contributed by atoms with Crippen molar-refractivity contribution in [3.63, 3.8) is 0 Å². The van der Waals surface area contributed by atoms with E-state index in [1.807, 2.05) is 79.9 Å². The molecule has 3 aromatic carbocycles. The standard InChI is InChI=1S/C31H34N2O4.H2/c1-2-14-36-30-13-12-23(22-6-5-7-26(16-22)37-20-21-10-11-21)17-28(30)31(35)33-25(19-34)15-24-18-32-29-9-4-3-8-27(24)29;/h3-9,12-13,16-18,21,25,32,34H,2,10-11,14-15,19-20H2,1H3,(H,33,35);1H/t25-;/m0./s1. The van der Waals surface area contributed by atoms with Crippen molar-refractivity contribution in [1.29, 1.82) is 0 Å². The number of fused-ring (bicyclic) bond motifs is 1. The zero-order valence-corrected chi connectivity index (χ0v) is 21.2. The van der Waals surface area contributed by atoms with E-state index in [0.29, 0.717) is 30.3 Å². The summed E-state index contributed by atoms with van der Waals surface area (Å²) in [5.74, 6) is 1.78. The molecule has 1 heterocycles. The van der Waals surface area contributed by atoms with Gasteiger partial charge in [0.25, 0.3) is 5.91 Å². The number of amides is 1. The van der Waals surface area contributed by atoms with Gasteiger partial charge in [-0.3, -0.25) is 4.79 Å². The van der Waals surface area contributed by atoms with E-state index in [2.05, 4.69) is 10.3 Å². The number of aliphatic hydroxyl groups is 1. The van der Waals surface area contributed by atoms with Gasteiger partial charge in [0, 0.05) is 18.5 Å². The van der Waals surface area contributed by atoms with Crippen molar-refractivity contribution < 1.29 is 20.8 Å². The van der Waals surface area contributed by atoms with E-state index in [9.17, 15) is 9.90 Å². The molecule has 1 aliphatic carbocycles. The normalized spacial score (nSPS) is 13.9. The highest BCUT2D eigenvalue weighted by molar-refractivity contribution is 5.98. The molecule has 1 aliphatic rings. The van der Waals surface area contributed by atoms with Gasteiger partial charge >= 0.3 is 0 Å². The first-order chi connectivity index (χ1) is 18.1. The number of nitrogens with one attached hydrogen (secondary N) is 2. The number of aliphatic hydroxyl groups excluding tert-OH is 1. The number of aromatic nitrogens is 1. The van der Waals surface area contributed by atoms with Crippen molar-refractivity contribution in [1.82, 2.24) is 10.3 Å². The molecule has 0 unspecified atom stereocenters. The molecular formula is C31H36N2O4. The van der Waals surface area contributed by atoms with Gasteiger partial charge in [-0.15, -0.1) is 0 Å². The van der Waals surface area contributed by atoms with Crippen LogP contribution in [0, 0.1) is 5.92 Å². The minimum Gasteiger partial charge on any atom is -0.493 e. The van der Waals surface area contributed by atoms with Gasteiger partial charge in [0.2, 0.25) is 0 Å². The summed E-state index contributed by atoms with van der Waals surface area (Å²) in [6.45, 7) is 3.13. The molecule has 1 saturated carbocycles. The molecule has 0 aliphatic heterocycles. The lowest BCUT2D eigenvalue weighted by atomic mass is 10.0. The van der Waals surface area contributed by atoms with Crippen LogP contribution >= 0.6 is 0 Å². The maximum Gasteiger partial charge on any atom is 0.255 e. The fourth-order valence-electron chi connectivity index (χ4n) is 4.48. The van der Waals surface area contributed by atoms with Gasteiger partial charge < -0.3 is 24.9 Å². The Bertz CT molecular complexity index is 1370. The molecule has 1 aromatic heterocycles. The molecule has 3 N–H and O–H groups in total. The van der Waals surface area contributed by atoms with Crippen LogP contribution in [0.3, 0.4) is 0 Å². The van der Waals surface area contributed by atoms with E-state index in [0.717, 1.165) is 46.4 Å². The van der Waals surface area contributed by atoms with Gasteiger partial charge in [0.05, 0.1) is 31.4 Å². The van der Waals surface area contributed by atoms with Gasteiger partial charge in [-0.05, 0) is 78.6 Å². The molecule has 1 atom stereocenters. The Labute approximate surface area is 219 Å². The first-order valence-corrected chi connectivity index (χ1v) is 13.1. The van der Waals surface area contributed by atoms with E-state index in [1.54, 1.807) is 0 Å². The van der Waals surface area contributed by atoms with E-state index >= 15 is 0 Å². The number of aromatic amines is 1. The lowest BCUT2D eigenvalue weighted by Crippen LogP contribution is -2.39. The van der Waals surface area contributed by atoms with Crippen molar-refractivity contribution in [2.24, 2.45) is 5.92 Å². The predicted molar refractivity (Wildman–Crippen MR) is 148 cm³/mol. The summed E-state index contributed by atoms with van der Waals surface area (Å²) < 4.78 is 11.9. The molecule has 4 aromatic rings. The minimum absolute atomic E-state index is 0. The first kappa shape index (κ1) is 24.9. The maximum atomic E-state index is 13.5. The van der Waals surface area contributed by atoms with Crippen LogP contribution in [-0.2, 0) is 6.42 Å². The highest BCUT2D eigenvalue weighted by Crippen LogP contribution is 2.32. The molecule has 5 rings (SSSR count). The lowest BCUT2D eigenvalue weighted by molar-refractivity contribution is 0.0912. The summed E-state index contributed by atoms with van der Waals surface area (Å²) in [7, 11) is 0. The Morgan fingerprint density at radius 2 is 1.92 bits per heavy atom. The molecule has 194 valence electrons. The van der Waals surface area contributed by atoms with E-state index in [-0.39, 0.29) is 13.9 Å². The van der Waals surface area contributed by atoms with Crippen LogP contribution in [0.1, 0.15) is 43.5 Å². The molecule has 6 heteroatoms. The number of rotatable bonds is 12. The van der Waals surface area contributed by atoms with E-state index < -0.39 is 6.04 Å². The van der Waals surface area contributed by atoms with Crippen LogP contribution in [0.5, 0.6) is 11.5 Å². The third kappa shape index (κ3) is 6.15. The highest BCUT2D eigenvalue weighted by Gasteiger charge is 2.22. The smallest absolute Gasteiger partial charge is 0.255 e. The number of hydrogen-bond acceptors (Lipinski definition) is 4. The third-order valence-corrected chi connectivity index (χ3v) is 6.73. The summed E-state index contributed by atoms with van der Waals surface area (Å²) in [5, 5.41) is 14.2. The number of benzene rings is 3. The van der Waals surface area contributed by atoms with Crippen molar-refractivity contribution in [2.75, 3.05) is 19.8 Å². The highest BCUT2D eigenvalue weighted by atomic mass is 16.5. The summed E-state index contributed by atoms with van der Waals surface area (Å²) in [6, 6.07) is 21.2. The van der Waals surface area contributed by atoms with Crippen LogP contribution in [-0.4, -0.2) is 41.9 Å². The van der Waals surface area contributed by atoms with Crippen LogP contribution < -0.4 is 14.8 Å². The van der Waals surface area contributed by atoms with Crippen molar-refractivity contribution in [2.45, 2.75) is 38.6 Å². The molecule has 0 spiro atoms. The van der Waals surface area contributed by atoms with Crippen LogP contribution in [0.25, 0.3) is 22.0 Å². The lowest BCUT2D eigenvalue weighted by Gasteiger charge is -2.18.